The standard InChI is InChI=1S/C32H38N4O6S/c1-34-13-15-42-16-14-35(2)43(39,40)33-31(37)22-9-11-27-28(19-22)36-20-24(32(34)38)17-23-18-25(41-3)10-12-26(23)30(36)29(27)21-7-5-4-6-8-21/h9-12,17-19,21H,4-8,13-16,20H2,1-3H3,(H,33,37)/i1D3,2D3,3D3,4D2,5D2,6D2. The molecule has 1 aliphatic carbocycles. The number of rotatable bonds is 2. The number of ether oxygens (including phenoxy) is 2. The predicted octanol–water partition coefficient (Wildman–Crippen LogP) is 4.16. The van der Waals surface area contributed by atoms with Crippen LogP contribution < -0.4 is 9.46 Å². The number of nitrogens with zero attached hydrogens (tertiary/aromatic N) is 3. The second-order valence-electron chi connectivity index (χ2n) is 10.3. The summed E-state index contributed by atoms with van der Waals surface area (Å²) in [6, 6.07) is 7.83. The Bertz CT molecular complexity index is 2280. The van der Waals surface area contributed by atoms with Crippen LogP contribution in [-0.4, -0.2) is 81.3 Å². The highest BCUT2D eigenvalue weighted by atomic mass is 32.2. The number of fused-ring (bicyclic) bond motifs is 4. The van der Waals surface area contributed by atoms with Crippen LogP contribution in [0.4, 0.5) is 0 Å². The summed E-state index contributed by atoms with van der Waals surface area (Å²) in [5, 5.41) is 0.249. The quantitative estimate of drug-likeness (QED) is 0.460. The normalized spacial score (nSPS) is 30.0. The molecule has 2 aromatic carbocycles. The van der Waals surface area contributed by atoms with E-state index < -0.39 is 114 Å². The number of methoxy groups -OCH3 is 1. The van der Waals surface area contributed by atoms with Crippen molar-refractivity contribution in [3.8, 4) is 17.0 Å². The minimum atomic E-state index is -5.09. The SMILES string of the molecule is [2H]C([2H])([2H])Oc1ccc2c(c1)C=C1Cn3c-2c(C2CC([2H])([2H])C([2H])([2H])C([2H])([2H])C2)c2ccc(cc23)C(=O)NS(=O)(=O)N(C([2H])([2H])[2H])CCOCCN(C([2H])([2H])[2H])C1=O. The van der Waals surface area contributed by atoms with Crippen LogP contribution in [0.25, 0.3) is 28.2 Å². The fraction of sp³-hybridized carbons (Fsp3) is 0.438. The highest BCUT2D eigenvalue weighted by molar-refractivity contribution is 7.87. The van der Waals surface area contributed by atoms with Gasteiger partial charge in [0.05, 0.1) is 36.6 Å². The molecule has 0 spiro atoms. The van der Waals surface area contributed by atoms with E-state index in [9.17, 15) is 18.0 Å². The molecule has 11 heteroatoms. The number of likely N-dealkylation sites (N-methyl/N-ethyl adjacent to an activating group) is 2. The molecule has 1 fully saturated rings. The van der Waals surface area contributed by atoms with Gasteiger partial charge < -0.3 is 18.9 Å². The molecule has 4 bridgehead atoms. The van der Waals surface area contributed by atoms with E-state index in [1.165, 1.54) is 47.0 Å². The maximum Gasteiger partial charge on any atom is 0.303 e. The smallest absolute Gasteiger partial charge is 0.303 e. The lowest BCUT2D eigenvalue weighted by Gasteiger charge is -2.24. The monoisotopic (exact) mass is 621 g/mol. The van der Waals surface area contributed by atoms with Crippen LogP contribution in [0.15, 0.2) is 42.0 Å². The van der Waals surface area contributed by atoms with E-state index >= 15 is 0 Å². The summed E-state index contributed by atoms with van der Waals surface area (Å²) in [6.07, 6.45) is -8.18. The summed E-state index contributed by atoms with van der Waals surface area (Å²) in [6.45, 7) is -9.33. The van der Waals surface area contributed by atoms with Crippen molar-refractivity contribution in [3.05, 3.63) is 58.7 Å². The van der Waals surface area contributed by atoms with Crippen LogP contribution >= 0.6 is 0 Å². The minimum absolute atomic E-state index is 0.0179. The molecule has 43 heavy (non-hydrogen) atoms. The van der Waals surface area contributed by atoms with Crippen molar-refractivity contribution in [1.82, 2.24) is 18.5 Å². The van der Waals surface area contributed by atoms with Crippen molar-refractivity contribution in [3.63, 3.8) is 0 Å². The average Bonchev–Trinajstić information content (AvgIpc) is 3.26. The molecule has 3 heterocycles. The lowest BCUT2D eigenvalue weighted by atomic mass is 9.81. The summed E-state index contributed by atoms with van der Waals surface area (Å²) >= 11 is 0. The van der Waals surface area contributed by atoms with E-state index in [1.54, 1.807) is 4.72 Å². The maximum absolute atomic E-state index is 14.4. The zero-order valence-corrected chi connectivity index (χ0v) is 23.6. The van der Waals surface area contributed by atoms with Crippen molar-refractivity contribution in [1.29, 1.82) is 0 Å². The highest BCUT2D eigenvalue weighted by Crippen LogP contribution is 2.47. The van der Waals surface area contributed by atoms with Crippen molar-refractivity contribution < 1.29 is 48.0 Å². The third kappa shape index (κ3) is 5.57. The van der Waals surface area contributed by atoms with Crippen LogP contribution in [0.5, 0.6) is 5.75 Å². The molecule has 0 unspecified atom stereocenters. The number of amides is 2. The molecule has 228 valence electrons. The van der Waals surface area contributed by atoms with Crippen molar-refractivity contribution >= 4 is 39.0 Å². The summed E-state index contributed by atoms with van der Waals surface area (Å²) in [7, 11) is -8.00. The molecule has 6 rings (SSSR count). The van der Waals surface area contributed by atoms with Gasteiger partial charge in [0.2, 0.25) is 0 Å². The Labute approximate surface area is 273 Å². The minimum Gasteiger partial charge on any atom is -0.497 e. The van der Waals surface area contributed by atoms with Crippen LogP contribution in [0, 0.1) is 0 Å². The Morgan fingerprint density at radius 3 is 2.67 bits per heavy atom. The van der Waals surface area contributed by atoms with Crippen molar-refractivity contribution in [2.24, 2.45) is 0 Å². The van der Waals surface area contributed by atoms with Crippen LogP contribution in [0.2, 0.25) is 0 Å². The van der Waals surface area contributed by atoms with Gasteiger partial charge in [-0.15, -0.1) is 0 Å². The molecule has 0 atom stereocenters. The first-order valence-electron chi connectivity index (χ1n) is 20.9. The van der Waals surface area contributed by atoms with E-state index in [0.717, 1.165) is 0 Å². The molecule has 2 amide bonds. The largest absolute Gasteiger partial charge is 0.497 e. The molecule has 1 aromatic heterocycles. The fourth-order valence-electron chi connectivity index (χ4n) is 5.58. The Kier molecular flexibility index (Phi) is 4.50. The van der Waals surface area contributed by atoms with Gasteiger partial charge in [0.15, 0.2) is 0 Å². The van der Waals surface area contributed by atoms with Gasteiger partial charge in [-0.1, -0.05) is 25.2 Å². The summed E-state index contributed by atoms with van der Waals surface area (Å²) < 4.78 is 163. The maximum atomic E-state index is 14.4. The highest BCUT2D eigenvalue weighted by Gasteiger charge is 2.31. The number of carbonyl (C=O) groups is 2. The lowest BCUT2D eigenvalue weighted by Crippen LogP contribution is -2.42. The van der Waals surface area contributed by atoms with Crippen LogP contribution in [0.1, 0.15) is 79.9 Å². The van der Waals surface area contributed by atoms with Gasteiger partial charge in [0.25, 0.3) is 11.8 Å². The topological polar surface area (TPSA) is 110 Å². The van der Waals surface area contributed by atoms with E-state index in [-0.39, 0.29) is 54.5 Å². The second kappa shape index (κ2) is 11.8. The summed E-state index contributed by atoms with van der Waals surface area (Å²) in [5.41, 5.74) is 0.411. The Morgan fingerprint density at radius 1 is 1.05 bits per heavy atom. The Morgan fingerprint density at radius 2 is 1.88 bits per heavy atom. The van der Waals surface area contributed by atoms with Crippen LogP contribution in [0.3, 0.4) is 0 Å². The predicted molar refractivity (Wildman–Crippen MR) is 165 cm³/mol. The first-order chi connectivity index (χ1) is 26.5. The van der Waals surface area contributed by atoms with Crippen molar-refractivity contribution in [2.45, 2.75) is 44.4 Å². The van der Waals surface area contributed by atoms with Crippen LogP contribution in [-0.2, 0) is 26.3 Å². The average molecular weight is 622 g/mol. The molecule has 3 aromatic rings. The van der Waals surface area contributed by atoms with Crippen molar-refractivity contribution in [2.75, 3.05) is 47.3 Å². The van der Waals surface area contributed by atoms with Gasteiger partial charge in [-0.05, 0) is 66.3 Å². The van der Waals surface area contributed by atoms with E-state index in [1.807, 2.05) is 0 Å². The number of nitrogens with one attached hydrogen (secondary N) is 1. The third-order valence-electron chi connectivity index (χ3n) is 7.63. The van der Waals surface area contributed by atoms with Gasteiger partial charge >= 0.3 is 10.2 Å². The molecule has 2 aliphatic heterocycles. The van der Waals surface area contributed by atoms with Gasteiger partial charge in [0, 0.05) is 71.1 Å². The Hall–Kier alpha value is -3.67. The first-order valence-corrected chi connectivity index (χ1v) is 14.8. The van der Waals surface area contributed by atoms with E-state index in [4.69, 9.17) is 30.0 Å². The first kappa shape index (κ1) is 16.4. The number of hydrogen-bond donors (Lipinski definition) is 1. The summed E-state index contributed by atoms with van der Waals surface area (Å²) in [5.74, 6) is -3.57. The molecular weight excluding hydrogens is 568 g/mol. The van der Waals surface area contributed by atoms with E-state index in [0.29, 0.717) is 4.90 Å². The molecule has 1 N–H and O–H groups in total. The Balaban J connectivity index is 1.68. The molecule has 10 nitrogen and oxygen atoms in total. The van der Waals surface area contributed by atoms with Gasteiger partial charge in [-0.3, -0.25) is 9.59 Å². The van der Waals surface area contributed by atoms with Gasteiger partial charge in [-0.2, -0.15) is 12.7 Å². The van der Waals surface area contributed by atoms with Gasteiger partial charge in [-0.25, -0.2) is 4.72 Å². The van der Waals surface area contributed by atoms with Gasteiger partial charge in [0.1, 0.15) is 5.75 Å². The summed E-state index contributed by atoms with van der Waals surface area (Å²) in [4.78, 5) is 28.6. The zero-order chi connectivity index (χ0) is 43.2. The number of carbonyl (C=O) groups excluding carboxylic acids is 2. The number of benzene rings is 2. The second-order valence-corrected chi connectivity index (χ2v) is 11.9. The fourth-order valence-corrected chi connectivity index (χ4v) is 6.35. The zero-order valence-electron chi connectivity index (χ0n) is 37.8. The molecule has 0 saturated heterocycles. The molecule has 1 saturated carbocycles. The number of aromatic nitrogens is 1. The molecule has 0 radical (unpaired) electrons. The number of hydrogen-bond acceptors (Lipinski definition) is 6. The lowest BCUT2D eigenvalue weighted by molar-refractivity contribution is -0.126. The third-order valence-corrected chi connectivity index (χ3v) is 8.84. The molecular formula is C32H38N4O6S. The molecule has 3 aliphatic rings. The van der Waals surface area contributed by atoms with E-state index in [2.05, 4.69) is 0 Å².